The Morgan fingerprint density at radius 2 is 2.45 bits per heavy atom. The SMILES string of the molecule is Cc1nc2c(o1)CC(C)C=C2. The van der Waals surface area contributed by atoms with Gasteiger partial charge in [-0.3, -0.25) is 0 Å². The molecule has 1 aromatic heterocycles. The van der Waals surface area contributed by atoms with E-state index in [4.69, 9.17) is 4.42 Å². The molecule has 0 saturated heterocycles. The predicted molar refractivity (Wildman–Crippen MR) is 43.1 cm³/mol. The number of nitrogens with zero attached hydrogens (tertiary/aromatic N) is 1. The molecule has 0 aromatic carbocycles. The van der Waals surface area contributed by atoms with Crippen LogP contribution in [0.4, 0.5) is 0 Å². The molecule has 1 atom stereocenters. The zero-order valence-corrected chi connectivity index (χ0v) is 6.79. The number of rotatable bonds is 0. The molecule has 58 valence electrons. The van der Waals surface area contributed by atoms with Crippen molar-refractivity contribution in [1.29, 1.82) is 0 Å². The molecule has 1 aromatic rings. The van der Waals surface area contributed by atoms with Crippen LogP contribution in [-0.4, -0.2) is 4.98 Å². The Labute approximate surface area is 65.9 Å². The minimum Gasteiger partial charge on any atom is -0.445 e. The van der Waals surface area contributed by atoms with Crippen LogP contribution >= 0.6 is 0 Å². The Balaban J connectivity index is 2.44. The molecule has 11 heavy (non-hydrogen) atoms. The van der Waals surface area contributed by atoms with Crippen molar-refractivity contribution in [2.75, 3.05) is 0 Å². The Bertz CT molecular complexity index is 299. The van der Waals surface area contributed by atoms with E-state index >= 15 is 0 Å². The Kier molecular flexibility index (Phi) is 1.34. The van der Waals surface area contributed by atoms with Crippen molar-refractivity contribution < 1.29 is 4.42 Å². The van der Waals surface area contributed by atoms with Gasteiger partial charge in [0.2, 0.25) is 0 Å². The first kappa shape index (κ1) is 6.65. The maximum Gasteiger partial charge on any atom is 0.191 e. The fourth-order valence-electron chi connectivity index (χ4n) is 1.38. The lowest BCUT2D eigenvalue weighted by molar-refractivity contribution is 0.455. The summed E-state index contributed by atoms with van der Waals surface area (Å²) >= 11 is 0. The highest BCUT2D eigenvalue weighted by atomic mass is 16.4. The molecule has 0 bridgehead atoms. The van der Waals surface area contributed by atoms with Gasteiger partial charge in [0.25, 0.3) is 0 Å². The van der Waals surface area contributed by atoms with Gasteiger partial charge >= 0.3 is 0 Å². The van der Waals surface area contributed by atoms with E-state index in [2.05, 4.69) is 18.0 Å². The smallest absolute Gasteiger partial charge is 0.191 e. The van der Waals surface area contributed by atoms with E-state index in [9.17, 15) is 0 Å². The summed E-state index contributed by atoms with van der Waals surface area (Å²) in [5.41, 5.74) is 1.01. The highest BCUT2D eigenvalue weighted by Gasteiger charge is 2.14. The molecule has 0 saturated carbocycles. The molecule has 1 unspecified atom stereocenters. The number of aromatic nitrogens is 1. The van der Waals surface area contributed by atoms with Gasteiger partial charge in [0.05, 0.1) is 0 Å². The van der Waals surface area contributed by atoms with Crippen molar-refractivity contribution in [2.24, 2.45) is 5.92 Å². The van der Waals surface area contributed by atoms with Crippen molar-refractivity contribution in [2.45, 2.75) is 20.3 Å². The fraction of sp³-hybridized carbons (Fsp3) is 0.444. The first-order valence-electron chi connectivity index (χ1n) is 3.90. The summed E-state index contributed by atoms with van der Waals surface area (Å²) in [6, 6.07) is 0. The van der Waals surface area contributed by atoms with Crippen LogP contribution in [0, 0.1) is 12.8 Å². The third-order valence-corrected chi connectivity index (χ3v) is 1.92. The van der Waals surface area contributed by atoms with Crippen LogP contribution in [0.1, 0.15) is 24.3 Å². The number of hydrogen-bond donors (Lipinski definition) is 0. The first-order chi connectivity index (χ1) is 5.25. The molecule has 0 fully saturated rings. The van der Waals surface area contributed by atoms with Crippen LogP contribution in [0.15, 0.2) is 10.5 Å². The van der Waals surface area contributed by atoms with Crippen LogP contribution in [0.25, 0.3) is 6.08 Å². The molecule has 2 nitrogen and oxygen atoms in total. The minimum absolute atomic E-state index is 0.592. The molecule has 0 radical (unpaired) electrons. The molecule has 1 aliphatic rings. The third-order valence-electron chi connectivity index (χ3n) is 1.92. The third kappa shape index (κ3) is 1.09. The molecule has 1 heterocycles. The van der Waals surface area contributed by atoms with Crippen LogP contribution in [-0.2, 0) is 6.42 Å². The number of allylic oxidation sites excluding steroid dienone is 1. The summed E-state index contributed by atoms with van der Waals surface area (Å²) in [6.07, 6.45) is 5.21. The summed E-state index contributed by atoms with van der Waals surface area (Å²) in [6.45, 7) is 4.06. The van der Waals surface area contributed by atoms with Crippen LogP contribution in [0.3, 0.4) is 0 Å². The first-order valence-corrected chi connectivity index (χ1v) is 3.90. The van der Waals surface area contributed by atoms with Crippen LogP contribution in [0.5, 0.6) is 0 Å². The molecule has 0 aliphatic heterocycles. The van der Waals surface area contributed by atoms with Gasteiger partial charge in [-0.05, 0) is 12.0 Å². The van der Waals surface area contributed by atoms with Gasteiger partial charge in [-0.1, -0.05) is 13.0 Å². The number of oxazole rings is 1. The maximum absolute atomic E-state index is 5.41. The second kappa shape index (κ2) is 2.22. The average Bonchev–Trinajstić information content (AvgIpc) is 2.27. The normalized spacial score (nSPS) is 21.8. The van der Waals surface area contributed by atoms with Gasteiger partial charge in [-0.25, -0.2) is 4.98 Å². The zero-order chi connectivity index (χ0) is 7.84. The largest absolute Gasteiger partial charge is 0.445 e. The summed E-state index contributed by atoms with van der Waals surface area (Å²) < 4.78 is 5.41. The standard InChI is InChI=1S/C9H11NO/c1-6-3-4-8-9(5-6)11-7(2)10-8/h3-4,6H,5H2,1-2H3. The van der Waals surface area contributed by atoms with Gasteiger partial charge in [0.1, 0.15) is 11.5 Å². The Morgan fingerprint density at radius 1 is 1.64 bits per heavy atom. The molecular weight excluding hydrogens is 138 g/mol. The lowest BCUT2D eigenvalue weighted by Gasteiger charge is -2.07. The minimum atomic E-state index is 0.592. The van der Waals surface area contributed by atoms with Crippen molar-refractivity contribution in [3.05, 3.63) is 23.4 Å². The molecule has 1 aliphatic carbocycles. The number of hydrogen-bond acceptors (Lipinski definition) is 2. The molecule has 0 amide bonds. The molecule has 2 heteroatoms. The summed E-state index contributed by atoms with van der Waals surface area (Å²) in [4.78, 5) is 4.23. The van der Waals surface area contributed by atoms with Gasteiger partial charge in [0.15, 0.2) is 5.89 Å². The van der Waals surface area contributed by atoms with E-state index in [1.54, 1.807) is 0 Å². The van der Waals surface area contributed by atoms with E-state index in [1.807, 2.05) is 13.0 Å². The second-order valence-electron chi connectivity index (χ2n) is 3.08. The maximum atomic E-state index is 5.41. The monoisotopic (exact) mass is 149 g/mol. The van der Waals surface area contributed by atoms with Crippen LogP contribution < -0.4 is 0 Å². The average molecular weight is 149 g/mol. The van der Waals surface area contributed by atoms with Crippen molar-refractivity contribution in [3.8, 4) is 0 Å². The second-order valence-corrected chi connectivity index (χ2v) is 3.08. The number of fused-ring (bicyclic) bond motifs is 1. The fourth-order valence-corrected chi connectivity index (χ4v) is 1.38. The van der Waals surface area contributed by atoms with Gasteiger partial charge in [0, 0.05) is 13.3 Å². The van der Waals surface area contributed by atoms with E-state index in [1.165, 1.54) is 0 Å². The van der Waals surface area contributed by atoms with Gasteiger partial charge in [-0.2, -0.15) is 0 Å². The van der Waals surface area contributed by atoms with Crippen LogP contribution in [0.2, 0.25) is 0 Å². The quantitative estimate of drug-likeness (QED) is 0.565. The van der Waals surface area contributed by atoms with Crippen molar-refractivity contribution in [1.82, 2.24) is 4.98 Å². The summed E-state index contributed by atoms with van der Waals surface area (Å²) in [7, 11) is 0. The Morgan fingerprint density at radius 3 is 3.27 bits per heavy atom. The highest BCUT2D eigenvalue weighted by molar-refractivity contribution is 5.49. The van der Waals surface area contributed by atoms with E-state index < -0.39 is 0 Å². The topological polar surface area (TPSA) is 26.0 Å². The molecule has 0 N–H and O–H groups in total. The molecular formula is C9H11NO. The van der Waals surface area contributed by atoms with Crippen molar-refractivity contribution >= 4 is 6.08 Å². The number of aryl methyl sites for hydroxylation is 1. The lowest BCUT2D eigenvalue weighted by atomic mass is 9.99. The molecule has 0 spiro atoms. The summed E-state index contributed by atoms with van der Waals surface area (Å²) in [5.74, 6) is 2.40. The predicted octanol–water partition coefficient (Wildman–Crippen LogP) is 2.19. The van der Waals surface area contributed by atoms with E-state index in [-0.39, 0.29) is 0 Å². The Hall–Kier alpha value is -1.05. The molecule has 2 rings (SSSR count). The highest BCUT2D eigenvalue weighted by Crippen LogP contribution is 2.22. The van der Waals surface area contributed by atoms with E-state index in [0.29, 0.717) is 5.92 Å². The van der Waals surface area contributed by atoms with Gasteiger partial charge in [-0.15, -0.1) is 0 Å². The zero-order valence-electron chi connectivity index (χ0n) is 6.79. The van der Waals surface area contributed by atoms with Gasteiger partial charge < -0.3 is 4.42 Å². The lowest BCUT2D eigenvalue weighted by Crippen LogP contribution is -2.00. The van der Waals surface area contributed by atoms with Crippen molar-refractivity contribution in [3.63, 3.8) is 0 Å². The summed E-state index contributed by atoms with van der Waals surface area (Å²) in [5, 5.41) is 0. The van der Waals surface area contributed by atoms with E-state index in [0.717, 1.165) is 23.8 Å².